The molecule has 132 valence electrons. The van der Waals surface area contributed by atoms with Crippen LogP contribution < -0.4 is 5.32 Å². The molecule has 1 aliphatic carbocycles. The number of benzene rings is 1. The number of fused-ring (bicyclic) bond motifs is 1. The normalized spacial score (nSPS) is 18.2. The predicted molar refractivity (Wildman–Crippen MR) is 91.9 cm³/mol. The summed E-state index contributed by atoms with van der Waals surface area (Å²) < 4.78 is 10.1. The van der Waals surface area contributed by atoms with Crippen molar-refractivity contribution >= 4 is 12.1 Å². The van der Waals surface area contributed by atoms with E-state index >= 15 is 0 Å². The topological polar surface area (TPSA) is 64.6 Å². The largest absolute Gasteiger partial charge is 0.467 e. The van der Waals surface area contributed by atoms with Crippen molar-refractivity contribution in [2.45, 2.75) is 64.0 Å². The number of rotatable bonds is 4. The van der Waals surface area contributed by atoms with E-state index in [0.29, 0.717) is 6.42 Å². The number of carbonyl (C=O) groups excluding carboxylic acids is 2. The van der Waals surface area contributed by atoms with Crippen molar-refractivity contribution in [1.82, 2.24) is 5.32 Å². The van der Waals surface area contributed by atoms with E-state index in [0.717, 1.165) is 19.3 Å². The first-order valence-electron chi connectivity index (χ1n) is 8.45. The van der Waals surface area contributed by atoms with E-state index in [9.17, 15) is 9.59 Å². The first-order valence-corrected chi connectivity index (χ1v) is 8.45. The molecule has 0 fully saturated rings. The molecule has 0 aliphatic heterocycles. The SMILES string of the molecule is COC(=O)[C@@H](C[C@H]1CCCc2ccccc21)NC(=O)OC(C)(C)C. The van der Waals surface area contributed by atoms with Gasteiger partial charge in [-0.3, -0.25) is 0 Å². The summed E-state index contributed by atoms with van der Waals surface area (Å²) in [4.78, 5) is 24.1. The van der Waals surface area contributed by atoms with Gasteiger partial charge in [0.05, 0.1) is 7.11 Å². The molecule has 1 amide bonds. The number of amides is 1. The minimum Gasteiger partial charge on any atom is -0.467 e. The molecular formula is C19H27NO4. The highest BCUT2D eigenvalue weighted by molar-refractivity contribution is 5.81. The molecule has 2 atom stereocenters. The Morgan fingerprint density at radius 3 is 2.67 bits per heavy atom. The van der Waals surface area contributed by atoms with E-state index < -0.39 is 23.7 Å². The second-order valence-corrected chi connectivity index (χ2v) is 7.25. The zero-order valence-electron chi connectivity index (χ0n) is 14.9. The summed E-state index contributed by atoms with van der Waals surface area (Å²) in [7, 11) is 1.33. The fourth-order valence-corrected chi connectivity index (χ4v) is 3.19. The van der Waals surface area contributed by atoms with E-state index in [4.69, 9.17) is 9.47 Å². The predicted octanol–water partition coefficient (Wildman–Crippen LogP) is 3.56. The lowest BCUT2D eigenvalue weighted by Gasteiger charge is -2.29. The first kappa shape index (κ1) is 18.3. The van der Waals surface area contributed by atoms with Crippen LogP contribution >= 0.6 is 0 Å². The molecule has 0 unspecified atom stereocenters. The first-order chi connectivity index (χ1) is 11.3. The number of ether oxygens (including phenoxy) is 2. The Balaban J connectivity index is 2.10. The van der Waals surface area contributed by atoms with Crippen LogP contribution in [0.1, 0.15) is 57.1 Å². The quantitative estimate of drug-likeness (QED) is 0.856. The fourth-order valence-electron chi connectivity index (χ4n) is 3.19. The van der Waals surface area contributed by atoms with Gasteiger partial charge in [-0.15, -0.1) is 0 Å². The van der Waals surface area contributed by atoms with Gasteiger partial charge >= 0.3 is 12.1 Å². The van der Waals surface area contributed by atoms with Gasteiger partial charge in [0.25, 0.3) is 0 Å². The van der Waals surface area contributed by atoms with Crippen molar-refractivity contribution < 1.29 is 19.1 Å². The number of esters is 1. The van der Waals surface area contributed by atoms with Gasteiger partial charge in [0, 0.05) is 0 Å². The summed E-state index contributed by atoms with van der Waals surface area (Å²) >= 11 is 0. The smallest absolute Gasteiger partial charge is 0.408 e. The Hall–Kier alpha value is -2.04. The molecule has 1 aromatic rings. The summed E-state index contributed by atoms with van der Waals surface area (Å²) in [5, 5.41) is 2.67. The Labute approximate surface area is 143 Å². The van der Waals surface area contributed by atoms with E-state index in [1.165, 1.54) is 18.2 Å². The Morgan fingerprint density at radius 1 is 1.29 bits per heavy atom. The number of methoxy groups -OCH3 is 1. The number of aryl methyl sites for hydroxylation is 1. The fraction of sp³-hybridized carbons (Fsp3) is 0.579. The standard InChI is InChI=1S/C19H27NO4/c1-19(2,3)24-18(22)20-16(17(21)23-4)12-14-10-7-9-13-8-5-6-11-15(13)14/h5-6,8,11,14,16H,7,9-10,12H2,1-4H3,(H,20,22)/t14-,16-/m1/s1. The average Bonchev–Trinajstić information content (AvgIpc) is 2.52. The number of nitrogens with one attached hydrogen (secondary N) is 1. The van der Waals surface area contributed by atoms with Crippen LogP contribution in [-0.2, 0) is 20.7 Å². The van der Waals surface area contributed by atoms with Crippen molar-refractivity contribution in [2.24, 2.45) is 0 Å². The highest BCUT2D eigenvalue weighted by atomic mass is 16.6. The highest BCUT2D eigenvalue weighted by Gasteiger charge is 2.30. The van der Waals surface area contributed by atoms with E-state index in [2.05, 4.69) is 17.4 Å². The third-order valence-corrected chi connectivity index (χ3v) is 4.19. The van der Waals surface area contributed by atoms with Crippen molar-refractivity contribution in [3.05, 3.63) is 35.4 Å². The summed E-state index contributed by atoms with van der Waals surface area (Å²) in [5.41, 5.74) is 1.99. The maximum Gasteiger partial charge on any atom is 0.408 e. The van der Waals surface area contributed by atoms with Crippen LogP contribution in [0, 0.1) is 0 Å². The number of hydrogen-bond acceptors (Lipinski definition) is 4. The van der Waals surface area contributed by atoms with E-state index in [1.807, 2.05) is 12.1 Å². The van der Waals surface area contributed by atoms with Crippen molar-refractivity contribution in [1.29, 1.82) is 0 Å². The molecule has 0 spiro atoms. The molecule has 0 radical (unpaired) electrons. The summed E-state index contributed by atoms with van der Waals surface area (Å²) in [6, 6.07) is 7.60. The van der Waals surface area contributed by atoms with Gasteiger partial charge in [-0.05, 0) is 63.5 Å². The molecule has 0 bridgehead atoms. The van der Waals surface area contributed by atoms with Gasteiger partial charge in [0.15, 0.2) is 0 Å². The van der Waals surface area contributed by atoms with Crippen molar-refractivity contribution in [3.8, 4) is 0 Å². The van der Waals surface area contributed by atoms with Gasteiger partial charge in [-0.2, -0.15) is 0 Å². The zero-order valence-corrected chi connectivity index (χ0v) is 14.9. The second kappa shape index (κ2) is 7.69. The summed E-state index contributed by atoms with van der Waals surface area (Å²) in [5.74, 6) is -0.210. The van der Waals surface area contributed by atoms with Gasteiger partial charge in [-0.25, -0.2) is 9.59 Å². The molecule has 1 aromatic carbocycles. The van der Waals surface area contributed by atoms with E-state index in [1.54, 1.807) is 20.8 Å². The molecule has 0 aromatic heterocycles. The zero-order chi connectivity index (χ0) is 17.7. The monoisotopic (exact) mass is 333 g/mol. The molecule has 5 heteroatoms. The van der Waals surface area contributed by atoms with Crippen LogP contribution in [0.25, 0.3) is 0 Å². The van der Waals surface area contributed by atoms with Crippen LogP contribution in [-0.4, -0.2) is 30.8 Å². The van der Waals surface area contributed by atoms with Crippen LogP contribution in [0.5, 0.6) is 0 Å². The van der Waals surface area contributed by atoms with Gasteiger partial charge in [0.2, 0.25) is 0 Å². The number of alkyl carbamates (subject to hydrolysis) is 1. The van der Waals surface area contributed by atoms with Crippen molar-refractivity contribution in [2.75, 3.05) is 7.11 Å². The number of carbonyl (C=O) groups is 2. The number of hydrogen-bond donors (Lipinski definition) is 1. The van der Waals surface area contributed by atoms with Gasteiger partial charge < -0.3 is 14.8 Å². The highest BCUT2D eigenvalue weighted by Crippen LogP contribution is 2.34. The molecule has 0 saturated heterocycles. The van der Waals surface area contributed by atoms with Crippen LogP contribution in [0.15, 0.2) is 24.3 Å². The van der Waals surface area contributed by atoms with Gasteiger partial charge in [0.1, 0.15) is 11.6 Å². The Bertz CT molecular complexity index is 591. The van der Waals surface area contributed by atoms with Crippen LogP contribution in [0.3, 0.4) is 0 Å². The minimum atomic E-state index is -0.707. The molecule has 0 heterocycles. The average molecular weight is 333 g/mol. The molecule has 5 nitrogen and oxygen atoms in total. The summed E-state index contributed by atoms with van der Waals surface area (Å²) in [6.07, 6.45) is 3.07. The maximum absolute atomic E-state index is 12.1. The molecule has 1 N–H and O–H groups in total. The Morgan fingerprint density at radius 2 is 2.00 bits per heavy atom. The molecule has 1 aliphatic rings. The third kappa shape index (κ3) is 4.98. The maximum atomic E-state index is 12.1. The molecule has 0 saturated carbocycles. The third-order valence-electron chi connectivity index (χ3n) is 4.19. The lowest BCUT2D eigenvalue weighted by atomic mass is 9.79. The Kier molecular flexibility index (Phi) is 5.86. The molecular weight excluding hydrogens is 306 g/mol. The lowest BCUT2D eigenvalue weighted by Crippen LogP contribution is -2.45. The second-order valence-electron chi connectivity index (χ2n) is 7.25. The van der Waals surface area contributed by atoms with E-state index in [-0.39, 0.29) is 5.92 Å². The van der Waals surface area contributed by atoms with Gasteiger partial charge in [-0.1, -0.05) is 24.3 Å². The van der Waals surface area contributed by atoms with Crippen LogP contribution in [0.4, 0.5) is 4.79 Å². The van der Waals surface area contributed by atoms with Crippen LogP contribution in [0.2, 0.25) is 0 Å². The lowest BCUT2D eigenvalue weighted by molar-refractivity contribution is -0.143. The molecule has 2 rings (SSSR count). The minimum absolute atomic E-state index is 0.231. The summed E-state index contributed by atoms with van der Waals surface area (Å²) in [6.45, 7) is 5.37. The van der Waals surface area contributed by atoms with Crippen molar-refractivity contribution in [3.63, 3.8) is 0 Å². The molecule has 24 heavy (non-hydrogen) atoms.